The van der Waals surface area contributed by atoms with Crippen molar-refractivity contribution < 1.29 is 14.3 Å². The maximum atomic E-state index is 13.6. The molecule has 1 aromatic heterocycles. The standard InChI is InChI=1S/C29H34ClN3O3/c1-19-20(2)31-26-11-6-21(16-25(19)26)29(35)33-15-12-27(36-24-9-7-23(30)8-10-24)22(18-33)17-28(34)32-13-4-3-5-14-32/h6-11,16,22,27,31H,3-5,12-15,17-18H2,1-2H3/t22-,27-/m0/s1. The molecular weight excluding hydrogens is 474 g/mol. The Morgan fingerprint density at radius 3 is 2.50 bits per heavy atom. The van der Waals surface area contributed by atoms with Gasteiger partial charge in [-0.05, 0) is 81.1 Å². The summed E-state index contributed by atoms with van der Waals surface area (Å²) in [4.78, 5) is 34.0. The molecule has 3 aromatic rings. The second kappa shape index (κ2) is 10.6. The van der Waals surface area contributed by atoms with Gasteiger partial charge in [0, 0.05) is 72.1 Å². The quantitative estimate of drug-likeness (QED) is 0.478. The average molecular weight is 508 g/mol. The molecule has 1 N–H and O–H groups in total. The van der Waals surface area contributed by atoms with E-state index in [9.17, 15) is 9.59 Å². The SMILES string of the molecule is Cc1[nH]c2ccc(C(=O)N3CC[C@H](Oc4ccc(Cl)cc4)[C@@H](CC(=O)N4CCCCC4)C3)cc2c1C. The van der Waals surface area contributed by atoms with E-state index in [1.165, 1.54) is 12.0 Å². The number of H-pyrrole nitrogens is 1. The highest BCUT2D eigenvalue weighted by atomic mass is 35.5. The van der Waals surface area contributed by atoms with E-state index >= 15 is 0 Å². The molecule has 0 unspecified atom stereocenters. The molecule has 0 radical (unpaired) electrons. The third kappa shape index (κ3) is 5.24. The van der Waals surface area contributed by atoms with E-state index < -0.39 is 0 Å². The molecule has 0 bridgehead atoms. The van der Waals surface area contributed by atoms with E-state index in [2.05, 4.69) is 11.9 Å². The fourth-order valence-electron chi connectivity index (χ4n) is 5.51. The minimum atomic E-state index is -0.138. The number of benzene rings is 2. The summed E-state index contributed by atoms with van der Waals surface area (Å²) in [5, 5.41) is 1.74. The molecule has 2 saturated heterocycles. The van der Waals surface area contributed by atoms with Gasteiger partial charge >= 0.3 is 0 Å². The molecule has 2 fully saturated rings. The normalized spacial score (nSPS) is 20.5. The van der Waals surface area contributed by atoms with E-state index in [0.29, 0.717) is 36.5 Å². The zero-order valence-corrected chi connectivity index (χ0v) is 21.8. The van der Waals surface area contributed by atoms with Crippen LogP contribution in [0.25, 0.3) is 10.9 Å². The number of aromatic nitrogens is 1. The molecule has 0 saturated carbocycles. The van der Waals surface area contributed by atoms with Crippen molar-refractivity contribution in [2.24, 2.45) is 5.92 Å². The number of nitrogens with zero attached hydrogens (tertiary/aromatic N) is 2. The number of hydrogen-bond acceptors (Lipinski definition) is 3. The molecule has 2 atom stereocenters. The fraction of sp³-hybridized carbons (Fsp3) is 0.448. The Bertz CT molecular complexity index is 1250. The Morgan fingerprint density at radius 1 is 1.00 bits per heavy atom. The number of halogens is 1. The molecule has 3 heterocycles. The van der Waals surface area contributed by atoms with Gasteiger partial charge in [-0.2, -0.15) is 0 Å². The average Bonchev–Trinajstić information content (AvgIpc) is 3.19. The fourth-order valence-corrected chi connectivity index (χ4v) is 5.63. The highest BCUT2D eigenvalue weighted by Crippen LogP contribution is 2.29. The second-order valence-corrected chi connectivity index (χ2v) is 10.6. The van der Waals surface area contributed by atoms with Crippen LogP contribution in [0.2, 0.25) is 5.02 Å². The van der Waals surface area contributed by atoms with Crippen molar-refractivity contribution in [3.05, 3.63) is 64.3 Å². The molecule has 190 valence electrons. The number of carbonyl (C=O) groups is 2. The van der Waals surface area contributed by atoms with Crippen LogP contribution in [0.5, 0.6) is 5.75 Å². The number of amides is 2. The smallest absolute Gasteiger partial charge is 0.253 e. The van der Waals surface area contributed by atoms with Gasteiger partial charge in [0.25, 0.3) is 5.91 Å². The second-order valence-electron chi connectivity index (χ2n) is 10.2. The molecule has 2 aliphatic heterocycles. The van der Waals surface area contributed by atoms with Crippen LogP contribution < -0.4 is 4.74 Å². The minimum absolute atomic E-state index is 0.00974. The van der Waals surface area contributed by atoms with Crippen LogP contribution in [-0.2, 0) is 4.79 Å². The zero-order valence-electron chi connectivity index (χ0n) is 21.1. The lowest BCUT2D eigenvalue weighted by Gasteiger charge is -2.39. The zero-order chi connectivity index (χ0) is 25.2. The van der Waals surface area contributed by atoms with Gasteiger partial charge in [-0.3, -0.25) is 9.59 Å². The van der Waals surface area contributed by atoms with Gasteiger partial charge in [-0.25, -0.2) is 0 Å². The summed E-state index contributed by atoms with van der Waals surface area (Å²) < 4.78 is 6.35. The summed E-state index contributed by atoms with van der Waals surface area (Å²) in [6.45, 7) is 6.86. The molecule has 0 aliphatic carbocycles. The first-order chi connectivity index (χ1) is 17.4. The Morgan fingerprint density at radius 2 is 1.75 bits per heavy atom. The number of rotatable bonds is 5. The van der Waals surface area contributed by atoms with Crippen molar-refractivity contribution in [3.8, 4) is 5.75 Å². The lowest BCUT2D eigenvalue weighted by atomic mass is 9.90. The van der Waals surface area contributed by atoms with Crippen LogP contribution in [0.15, 0.2) is 42.5 Å². The number of carbonyl (C=O) groups excluding carboxylic acids is 2. The molecule has 36 heavy (non-hydrogen) atoms. The number of likely N-dealkylation sites (tertiary alicyclic amines) is 2. The lowest BCUT2D eigenvalue weighted by molar-refractivity contribution is -0.134. The van der Waals surface area contributed by atoms with Crippen LogP contribution >= 0.6 is 11.6 Å². The minimum Gasteiger partial charge on any atom is -0.490 e. The molecular formula is C29H34ClN3O3. The van der Waals surface area contributed by atoms with Crippen LogP contribution in [0.3, 0.4) is 0 Å². The largest absolute Gasteiger partial charge is 0.490 e. The van der Waals surface area contributed by atoms with E-state index in [-0.39, 0.29) is 23.8 Å². The molecule has 2 aromatic carbocycles. The van der Waals surface area contributed by atoms with Gasteiger partial charge in [-0.15, -0.1) is 0 Å². The maximum Gasteiger partial charge on any atom is 0.253 e. The van der Waals surface area contributed by atoms with Crippen LogP contribution in [0.1, 0.15) is 53.7 Å². The summed E-state index contributed by atoms with van der Waals surface area (Å²) in [5.74, 6) is 0.838. The number of ether oxygens (including phenoxy) is 1. The Kier molecular flexibility index (Phi) is 7.24. The van der Waals surface area contributed by atoms with Crippen LogP contribution in [0.4, 0.5) is 0 Å². The number of nitrogens with one attached hydrogen (secondary N) is 1. The van der Waals surface area contributed by atoms with E-state index in [1.54, 1.807) is 0 Å². The lowest BCUT2D eigenvalue weighted by Crippen LogP contribution is -2.49. The van der Waals surface area contributed by atoms with Crippen molar-refractivity contribution in [2.45, 2.75) is 52.1 Å². The molecule has 2 aliphatic rings. The first-order valence-corrected chi connectivity index (χ1v) is 13.3. The Hall–Kier alpha value is -2.99. The first-order valence-electron chi connectivity index (χ1n) is 13.0. The van der Waals surface area contributed by atoms with E-state index in [4.69, 9.17) is 16.3 Å². The highest BCUT2D eigenvalue weighted by molar-refractivity contribution is 6.30. The third-order valence-electron chi connectivity index (χ3n) is 7.75. The van der Waals surface area contributed by atoms with Crippen LogP contribution in [0, 0.1) is 19.8 Å². The summed E-state index contributed by atoms with van der Waals surface area (Å²) in [6.07, 6.45) is 4.23. The van der Waals surface area contributed by atoms with Crippen molar-refractivity contribution in [1.29, 1.82) is 0 Å². The maximum absolute atomic E-state index is 13.6. The van der Waals surface area contributed by atoms with Gasteiger partial charge in [0.15, 0.2) is 0 Å². The predicted octanol–water partition coefficient (Wildman–Crippen LogP) is 5.75. The number of hydrogen-bond donors (Lipinski definition) is 1. The Balaban J connectivity index is 1.34. The summed E-state index contributed by atoms with van der Waals surface area (Å²) in [7, 11) is 0. The number of fused-ring (bicyclic) bond motifs is 1. The predicted molar refractivity (Wildman–Crippen MR) is 143 cm³/mol. The van der Waals surface area contributed by atoms with Crippen molar-refractivity contribution in [2.75, 3.05) is 26.2 Å². The number of aryl methyl sites for hydroxylation is 2. The van der Waals surface area contributed by atoms with Gasteiger partial charge < -0.3 is 19.5 Å². The monoisotopic (exact) mass is 507 g/mol. The van der Waals surface area contributed by atoms with Crippen molar-refractivity contribution in [3.63, 3.8) is 0 Å². The molecule has 6 nitrogen and oxygen atoms in total. The van der Waals surface area contributed by atoms with Crippen LogP contribution in [-0.4, -0.2) is 58.9 Å². The van der Waals surface area contributed by atoms with E-state index in [0.717, 1.165) is 48.3 Å². The summed E-state index contributed by atoms with van der Waals surface area (Å²) in [5.41, 5.74) is 4.01. The van der Waals surface area contributed by atoms with Crippen molar-refractivity contribution in [1.82, 2.24) is 14.8 Å². The number of aromatic amines is 1. The van der Waals surface area contributed by atoms with E-state index in [1.807, 2.05) is 59.2 Å². The van der Waals surface area contributed by atoms with Gasteiger partial charge in [-0.1, -0.05) is 11.6 Å². The van der Waals surface area contributed by atoms with Gasteiger partial charge in [0.1, 0.15) is 11.9 Å². The highest BCUT2D eigenvalue weighted by Gasteiger charge is 2.36. The molecule has 7 heteroatoms. The molecule has 5 rings (SSSR count). The Labute approximate surface area is 217 Å². The molecule has 2 amide bonds. The summed E-state index contributed by atoms with van der Waals surface area (Å²) in [6, 6.07) is 13.2. The first kappa shape index (κ1) is 24.7. The third-order valence-corrected chi connectivity index (χ3v) is 8.01. The molecule has 0 spiro atoms. The number of piperidine rings is 2. The summed E-state index contributed by atoms with van der Waals surface area (Å²) >= 11 is 6.05. The van der Waals surface area contributed by atoms with Crippen molar-refractivity contribution >= 4 is 34.3 Å². The van der Waals surface area contributed by atoms with Gasteiger partial charge in [0.2, 0.25) is 5.91 Å². The van der Waals surface area contributed by atoms with Gasteiger partial charge in [0.05, 0.1) is 0 Å². The topological polar surface area (TPSA) is 65.6 Å².